The SMILES string of the molecule is CC[C@H]1CC2[C@H]1CCN2[C@@H](C)[C@H](Oc1nnc(O[C@@H](c2ccnc3ccc(OC)cc23)[C@H]2CC3CCN2CC3(O)CC)c2ccccc12)c1ccnc2ccc(CO)cc12. The quantitative estimate of drug-likeness (QED) is 0.117. The molecule has 4 aliphatic heterocycles. The van der Waals surface area contributed by atoms with Gasteiger partial charge in [0.15, 0.2) is 0 Å². The van der Waals surface area contributed by atoms with Crippen molar-refractivity contribution in [2.45, 2.75) is 102 Å². The first-order chi connectivity index (χ1) is 29.3. The summed E-state index contributed by atoms with van der Waals surface area (Å²) in [7, 11) is 1.68. The molecule has 11 heteroatoms. The van der Waals surface area contributed by atoms with Gasteiger partial charge in [0.1, 0.15) is 18.0 Å². The number of hydrogen-bond donors (Lipinski definition) is 2. The predicted molar refractivity (Wildman–Crippen MR) is 232 cm³/mol. The van der Waals surface area contributed by atoms with Crippen LogP contribution in [0, 0.1) is 17.8 Å². The van der Waals surface area contributed by atoms with E-state index >= 15 is 0 Å². The number of fused-ring (bicyclic) bond motifs is 7. The van der Waals surface area contributed by atoms with Crippen molar-refractivity contribution in [3.8, 4) is 17.5 Å². The first kappa shape index (κ1) is 39.2. The summed E-state index contributed by atoms with van der Waals surface area (Å²) >= 11 is 0. The second-order valence-corrected chi connectivity index (χ2v) is 17.7. The highest BCUT2D eigenvalue weighted by atomic mass is 16.5. The maximum Gasteiger partial charge on any atom is 0.242 e. The lowest BCUT2D eigenvalue weighted by molar-refractivity contribution is -0.150. The van der Waals surface area contributed by atoms with Gasteiger partial charge in [0.05, 0.1) is 47.2 Å². The van der Waals surface area contributed by atoms with E-state index in [1.165, 1.54) is 19.3 Å². The minimum atomic E-state index is -0.714. The molecular weight excluding hydrogens is 753 g/mol. The van der Waals surface area contributed by atoms with Crippen LogP contribution < -0.4 is 14.2 Å². The van der Waals surface area contributed by atoms with Gasteiger partial charge in [-0.1, -0.05) is 38.5 Å². The van der Waals surface area contributed by atoms with E-state index in [-0.39, 0.29) is 24.6 Å². The molecule has 10 atom stereocenters. The lowest BCUT2D eigenvalue weighted by Crippen LogP contribution is -2.64. The maximum atomic E-state index is 11.7. The molecule has 4 saturated heterocycles. The summed E-state index contributed by atoms with van der Waals surface area (Å²) in [6.07, 6.45) is 8.99. The van der Waals surface area contributed by atoms with E-state index in [0.717, 1.165) is 99.2 Å². The van der Waals surface area contributed by atoms with Crippen molar-refractivity contribution in [3.05, 3.63) is 102 Å². The number of nitrogens with zero attached hydrogens (tertiary/aromatic N) is 6. The molecule has 1 aliphatic carbocycles. The Morgan fingerprint density at radius 2 is 1.53 bits per heavy atom. The Kier molecular flexibility index (Phi) is 10.3. The molecule has 1 saturated carbocycles. The van der Waals surface area contributed by atoms with Crippen LogP contribution >= 0.6 is 0 Å². The maximum absolute atomic E-state index is 11.7. The summed E-state index contributed by atoms with van der Waals surface area (Å²) < 4.78 is 20.2. The molecule has 11 nitrogen and oxygen atoms in total. The van der Waals surface area contributed by atoms with Crippen LogP contribution in [0.3, 0.4) is 0 Å². The highest BCUT2D eigenvalue weighted by Crippen LogP contribution is 2.50. The van der Waals surface area contributed by atoms with Gasteiger partial charge in [-0.25, -0.2) is 0 Å². The number of pyridine rings is 2. The van der Waals surface area contributed by atoms with E-state index in [1.807, 2.05) is 73.1 Å². The summed E-state index contributed by atoms with van der Waals surface area (Å²) in [6, 6.07) is 24.7. The molecule has 0 radical (unpaired) electrons. The number of aliphatic hydroxyl groups excluding tert-OH is 1. The Morgan fingerprint density at radius 3 is 2.22 bits per heavy atom. The topological polar surface area (TPSA) is 126 Å². The Hall–Kier alpha value is -4.94. The number of methoxy groups -OCH3 is 1. The Morgan fingerprint density at radius 1 is 0.817 bits per heavy atom. The van der Waals surface area contributed by atoms with E-state index in [9.17, 15) is 10.2 Å². The van der Waals surface area contributed by atoms with E-state index in [2.05, 4.69) is 42.7 Å². The summed E-state index contributed by atoms with van der Waals surface area (Å²) in [5.74, 6) is 3.30. The first-order valence-corrected chi connectivity index (χ1v) is 22.0. The Balaban J connectivity index is 1.05. The lowest BCUT2D eigenvalue weighted by Gasteiger charge is -2.55. The van der Waals surface area contributed by atoms with Crippen LogP contribution in [0.2, 0.25) is 0 Å². The van der Waals surface area contributed by atoms with Crippen molar-refractivity contribution in [2.24, 2.45) is 17.8 Å². The number of hydrogen-bond acceptors (Lipinski definition) is 11. The molecule has 4 unspecified atom stereocenters. The molecule has 6 aromatic rings. The van der Waals surface area contributed by atoms with E-state index in [4.69, 9.17) is 34.4 Å². The molecular formula is C49H56N6O5. The summed E-state index contributed by atoms with van der Waals surface area (Å²) in [6.45, 7) is 9.16. The number of aliphatic hydroxyl groups is 2. The van der Waals surface area contributed by atoms with Crippen molar-refractivity contribution in [2.75, 3.05) is 26.7 Å². The van der Waals surface area contributed by atoms with Crippen LogP contribution in [0.1, 0.15) is 88.2 Å². The first-order valence-electron chi connectivity index (χ1n) is 22.0. The van der Waals surface area contributed by atoms with Gasteiger partial charge in [0.25, 0.3) is 0 Å². The fourth-order valence-corrected chi connectivity index (χ4v) is 11.5. The molecule has 60 heavy (non-hydrogen) atoms. The number of ether oxygens (including phenoxy) is 3. The number of benzene rings is 3. The van der Waals surface area contributed by atoms with Crippen LogP contribution in [-0.2, 0) is 6.61 Å². The lowest BCUT2D eigenvalue weighted by atomic mass is 9.68. The fraction of sp³-hybridized carbons (Fsp3) is 0.469. The molecule has 11 rings (SSSR count). The van der Waals surface area contributed by atoms with Gasteiger partial charge in [-0.15, -0.1) is 10.2 Å². The molecule has 3 aromatic carbocycles. The van der Waals surface area contributed by atoms with Crippen LogP contribution in [0.25, 0.3) is 32.6 Å². The van der Waals surface area contributed by atoms with E-state index < -0.39 is 17.8 Å². The standard InChI is InChI=1S/C49H56N6O5/c1-5-31-24-43-34(31)18-22-55(43)29(3)45(35-15-19-50-41-13-11-30(27-56)23-39(35)41)59-47-37-9-7-8-10-38(37)48(53-52-47)60-46(44-25-32-17-21-54(44)28-49(32,57)6-2)36-16-20-51-42-14-12-33(58-4)26-40(36)42/h7-16,19-20,23,26,29,31-32,34,43-46,56-57H,5-6,17-18,21-22,24-25,27-28H2,1-4H3/t29-,31-,32?,34-,43?,44+,45-,46-,49?/m0/s1. The third kappa shape index (κ3) is 6.65. The van der Waals surface area contributed by atoms with Gasteiger partial charge in [-0.2, -0.15) is 0 Å². The zero-order valence-corrected chi connectivity index (χ0v) is 35.1. The molecule has 2 bridgehead atoms. The van der Waals surface area contributed by atoms with Gasteiger partial charge < -0.3 is 24.4 Å². The third-order valence-electron chi connectivity index (χ3n) is 14.9. The molecule has 7 heterocycles. The van der Waals surface area contributed by atoms with Crippen LogP contribution in [0.5, 0.6) is 17.5 Å². The van der Waals surface area contributed by atoms with Gasteiger partial charge >= 0.3 is 0 Å². The largest absolute Gasteiger partial charge is 0.497 e. The normalized spacial score (nSPS) is 27.7. The average molecular weight is 809 g/mol. The van der Waals surface area contributed by atoms with Gasteiger partial charge in [-0.05, 0) is 130 Å². The zero-order valence-electron chi connectivity index (χ0n) is 35.1. The van der Waals surface area contributed by atoms with Gasteiger partial charge in [0, 0.05) is 52.9 Å². The predicted octanol–water partition coefficient (Wildman–Crippen LogP) is 8.21. The molecule has 3 aromatic heterocycles. The summed E-state index contributed by atoms with van der Waals surface area (Å²) in [5, 5.41) is 35.1. The molecule has 0 spiro atoms. The number of likely N-dealkylation sites (tertiary alicyclic amines) is 1. The number of piperidine rings is 3. The van der Waals surface area contributed by atoms with Crippen LogP contribution in [0.4, 0.5) is 0 Å². The highest BCUT2D eigenvalue weighted by Gasteiger charge is 2.52. The molecule has 5 fully saturated rings. The summed E-state index contributed by atoms with van der Waals surface area (Å²) in [5.41, 5.74) is 3.84. The second kappa shape index (κ2) is 15.8. The molecule has 0 amide bonds. The minimum absolute atomic E-state index is 0.0130. The zero-order chi connectivity index (χ0) is 41.1. The van der Waals surface area contributed by atoms with Crippen molar-refractivity contribution in [3.63, 3.8) is 0 Å². The smallest absolute Gasteiger partial charge is 0.242 e. The molecule has 5 aliphatic rings. The number of aromatic nitrogens is 4. The van der Waals surface area contributed by atoms with E-state index in [0.29, 0.717) is 24.3 Å². The van der Waals surface area contributed by atoms with Gasteiger partial charge in [-0.3, -0.25) is 19.8 Å². The van der Waals surface area contributed by atoms with Crippen molar-refractivity contribution < 1.29 is 24.4 Å². The fourth-order valence-electron chi connectivity index (χ4n) is 11.5. The number of rotatable bonds is 13. The summed E-state index contributed by atoms with van der Waals surface area (Å²) in [4.78, 5) is 14.5. The van der Waals surface area contributed by atoms with E-state index in [1.54, 1.807) is 7.11 Å². The van der Waals surface area contributed by atoms with Crippen LogP contribution in [0.15, 0.2) is 85.2 Å². The molecule has 2 N–H and O–H groups in total. The average Bonchev–Trinajstić information content (AvgIpc) is 3.62. The minimum Gasteiger partial charge on any atom is -0.497 e. The molecule has 312 valence electrons. The Bertz CT molecular complexity index is 2540. The Labute approximate surface area is 351 Å². The third-order valence-corrected chi connectivity index (χ3v) is 14.9. The second-order valence-electron chi connectivity index (χ2n) is 17.7. The van der Waals surface area contributed by atoms with Crippen molar-refractivity contribution >= 4 is 32.6 Å². The highest BCUT2D eigenvalue weighted by molar-refractivity contribution is 5.91. The monoisotopic (exact) mass is 808 g/mol. The van der Waals surface area contributed by atoms with Crippen molar-refractivity contribution in [1.82, 2.24) is 30.0 Å². The van der Waals surface area contributed by atoms with Gasteiger partial charge in [0.2, 0.25) is 11.8 Å². The van der Waals surface area contributed by atoms with Crippen LogP contribution in [-0.4, -0.2) is 90.6 Å². The van der Waals surface area contributed by atoms with Crippen molar-refractivity contribution in [1.29, 1.82) is 0 Å².